The highest BCUT2D eigenvalue weighted by molar-refractivity contribution is 5.83. The van der Waals surface area contributed by atoms with Gasteiger partial charge in [-0.05, 0) is 48.4 Å². The summed E-state index contributed by atoms with van der Waals surface area (Å²) >= 11 is 0. The SMILES string of the molecule is Cc1cc(CCC[C@H](CC(N)=O)C(N)=O)ccc1-c1ccccc1. The molecule has 2 rings (SSSR count). The smallest absolute Gasteiger partial charge is 0.221 e. The topological polar surface area (TPSA) is 86.2 Å². The summed E-state index contributed by atoms with van der Waals surface area (Å²) in [6.45, 7) is 2.10. The third kappa shape index (κ3) is 4.95. The number of primary amides is 2. The average Bonchev–Trinajstić information content (AvgIpc) is 2.54. The van der Waals surface area contributed by atoms with Crippen molar-refractivity contribution in [3.8, 4) is 11.1 Å². The molecule has 0 aromatic heterocycles. The number of nitrogens with two attached hydrogens (primary N) is 2. The van der Waals surface area contributed by atoms with Crippen molar-refractivity contribution < 1.29 is 9.59 Å². The largest absolute Gasteiger partial charge is 0.370 e. The zero-order valence-corrected chi connectivity index (χ0v) is 14.0. The molecule has 0 aliphatic carbocycles. The number of carbonyl (C=O) groups excluding carboxylic acids is 2. The number of hydrogen-bond acceptors (Lipinski definition) is 2. The number of aryl methyl sites for hydroxylation is 2. The molecule has 0 bridgehead atoms. The summed E-state index contributed by atoms with van der Waals surface area (Å²) in [6, 6.07) is 16.7. The maximum atomic E-state index is 11.3. The van der Waals surface area contributed by atoms with Gasteiger partial charge < -0.3 is 11.5 Å². The lowest BCUT2D eigenvalue weighted by atomic mass is 9.93. The molecule has 2 aromatic carbocycles. The van der Waals surface area contributed by atoms with Crippen molar-refractivity contribution in [1.82, 2.24) is 0 Å². The first-order chi connectivity index (χ1) is 11.5. The Morgan fingerprint density at radius 1 is 1.04 bits per heavy atom. The highest BCUT2D eigenvalue weighted by atomic mass is 16.2. The first kappa shape index (κ1) is 17.7. The van der Waals surface area contributed by atoms with Gasteiger partial charge >= 0.3 is 0 Å². The van der Waals surface area contributed by atoms with Gasteiger partial charge in [-0.25, -0.2) is 0 Å². The van der Waals surface area contributed by atoms with Crippen LogP contribution in [0.15, 0.2) is 48.5 Å². The van der Waals surface area contributed by atoms with Gasteiger partial charge in [-0.1, -0.05) is 48.5 Å². The molecule has 4 nitrogen and oxygen atoms in total. The van der Waals surface area contributed by atoms with Gasteiger partial charge in [0.15, 0.2) is 0 Å². The number of hydrogen-bond donors (Lipinski definition) is 2. The molecule has 0 saturated carbocycles. The second-order valence-corrected chi connectivity index (χ2v) is 6.18. The van der Waals surface area contributed by atoms with Crippen LogP contribution in [-0.4, -0.2) is 11.8 Å². The summed E-state index contributed by atoms with van der Waals surface area (Å²) in [5.74, 6) is -1.40. The van der Waals surface area contributed by atoms with Gasteiger partial charge in [0.2, 0.25) is 11.8 Å². The molecule has 126 valence electrons. The van der Waals surface area contributed by atoms with Crippen molar-refractivity contribution in [3.05, 3.63) is 59.7 Å². The van der Waals surface area contributed by atoms with Crippen LogP contribution in [0.2, 0.25) is 0 Å². The zero-order valence-electron chi connectivity index (χ0n) is 14.0. The van der Waals surface area contributed by atoms with E-state index >= 15 is 0 Å². The Hall–Kier alpha value is -2.62. The molecule has 0 heterocycles. The van der Waals surface area contributed by atoms with Crippen LogP contribution in [0, 0.1) is 12.8 Å². The summed E-state index contributed by atoms with van der Waals surface area (Å²) in [5, 5.41) is 0. The minimum atomic E-state index is -0.484. The Morgan fingerprint density at radius 2 is 1.75 bits per heavy atom. The van der Waals surface area contributed by atoms with E-state index in [1.54, 1.807) is 0 Å². The van der Waals surface area contributed by atoms with Crippen molar-refractivity contribution in [2.45, 2.75) is 32.6 Å². The number of benzene rings is 2. The Bertz CT molecular complexity index is 711. The Morgan fingerprint density at radius 3 is 2.33 bits per heavy atom. The van der Waals surface area contributed by atoms with Crippen LogP contribution in [0.3, 0.4) is 0 Å². The molecule has 0 radical (unpaired) electrons. The fourth-order valence-corrected chi connectivity index (χ4v) is 2.96. The predicted octanol–water partition coefficient (Wildman–Crippen LogP) is 2.96. The second kappa shape index (κ2) is 8.29. The first-order valence-corrected chi connectivity index (χ1v) is 8.20. The molecule has 0 spiro atoms. The maximum Gasteiger partial charge on any atom is 0.221 e. The molecule has 24 heavy (non-hydrogen) atoms. The molecule has 2 amide bonds. The van der Waals surface area contributed by atoms with Gasteiger partial charge in [0.25, 0.3) is 0 Å². The second-order valence-electron chi connectivity index (χ2n) is 6.18. The van der Waals surface area contributed by atoms with E-state index in [9.17, 15) is 9.59 Å². The van der Waals surface area contributed by atoms with E-state index in [-0.39, 0.29) is 6.42 Å². The van der Waals surface area contributed by atoms with Crippen molar-refractivity contribution >= 4 is 11.8 Å². The number of carbonyl (C=O) groups is 2. The van der Waals surface area contributed by atoms with Gasteiger partial charge in [-0.15, -0.1) is 0 Å². The number of rotatable bonds is 8. The lowest BCUT2D eigenvalue weighted by molar-refractivity contribution is -0.127. The van der Waals surface area contributed by atoms with Crippen LogP contribution in [0.25, 0.3) is 11.1 Å². The maximum absolute atomic E-state index is 11.3. The first-order valence-electron chi connectivity index (χ1n) is 8.20. The molecule has 2 aromatic rings. The van der Waals surface area contributed by atoms with Crippen LogP contribution in [-0.2, 0) is 16.0 Å². The predicted molar refractivity (Wildman–Crippen MR) is 96.0 cm³/mol. The van der Waals surface area contributed by atoms with Crippen molar-refractivity contribution in [1.29, 1.82) is 0 Å². The standard InChI is InChI=1S/C20H24N2O2/c1-14-12-15(6-5-9-17(20(22)24)13-19(21)23)10-11-18(14)16-7-3-2-4-8-16/h2-4,7-8,10-12,17H,5-6,9,13H2,1H3,(H2,21,23)(H2,22,24)/t17-/m1/s1. The van der Waals surface area contributed by atoms with Crippen molar-refractivity contribution in [3.63, 3.8) is 0 Å². The summed E-state index contributed by atoms with van der Waals surface area (Å²) in [6.07, 6.45) is 2.25. The van der Waals surface area contributed by atoms with Gasteiger partial charge in [-0.2, -0.15) is 0 Å². The van der Waals surface area contributed by atoms with Crippen LogP contribution in [0.4, 0.5) is 0 Å². The third-order valence-electron chi connectivity index (χ3n) is 4.24. The highest BCUT2D eigenvalue weighted by Gasteiger charge is 2.17. The molecule has 0 saturated heterocycles. The summed E-state index contributed by atoms with van der Waals surface area (Å²) < 4.78 is 0. The molecular formula is C20H24N2O2. The van der Waals surface area contributed by atoms with Gasteiger partial charge in [-0.3, -0.25) is 9.59 Å². The lowest BCUT2D eigenvalue weighted by Gasteiger charge is -2.12. The highest BCUT2D eigenvalue weighted by Crippen LogP contribution is 2.25. The molecule has 4 heteroatoms. The van der Waals surface area contributed by atoms with Crippen molar-refractivity contribution in [2.75, 3.05) is 0 Å². The molecule has 0 unspecified atom stereocenters. The fourth-order valence-electron chi connectivity index (χ4n) is 2.96. The summed E-state index contributed by atoms with van der Waals surface area (Å²) in [5.41, 5.74) is 15.4. The molecule has 0 fully saturated rings. The van der Waals surface area contributed by atoms with Gasteiger partial charge in [0.05, 0.1) is 0 Å². The van der Waals surface area contributed by atoms with Crippen LogP contribution in [0.5, 0.6) is 0 Å². The third-order valence-corrected chi connectivity index (χ3v) is 4.24. The van der Waals surface area contributed by atoms with Crippen LogP contribution in [0.1, 0.15) is 30.4 Å². The minimum Gasteiger partial charge on any atom is -0.370 e. The Balaban J connectivity index is 1.97. The fraction of sp³-hybridized carbons (Fsp3) is 0.300. The van der Waals surface area contributed by atoms with Gasteiger partial charge in [0.1, 0.15) is 0 Å². The van der Waals surface area contributed by atoms with Gasteiger partial charge in [0, 0.05) is 12.3 Å². The monoisotopic (exact) mass is 324 g/mol. The van der Waals surface area contributed by atoms with E-state index in [1.165, 1.54) is 22.3 Å². The molecule has 0 aliphatic rings. The number of amides is 2. The van der Waals surface area contributed by atoms with E-state index in [2.05, 4.69) is 37.3 Å². The van der Waals surface area contributed by atoms with E-state index in [0.717, 1.165) is 12.8 Å². The van der Waals surface area contributed by atoms with E-state index in [0.29, 0.717) is 6.42 Å². The Kier molecular flexibility index (Phi) is 6.13. The zero-order chi connectivity index (χ0) is 17.5. The molecule has 1 atom stereocenters. The van der Waals surface area contributed by atoms with E-state index in [1.807, 2.05) is 18.2 Å². The normalized spacial score (nSPS) is 11.9. The quantitative estimate of drug-likeness (QED) is 0.782. The van der Waals surface area contributed by atoms with E-state index in [4.69, 9.17) is 11.5 Å². The van der Waals surface area contributed by atoms with E-state index < -0.39 is 17.7 Å². The summed E-state index contributed by atoms with van der Waals surface area (Å²) in [7, 11) is 0. The molecular weight excluding hydrogens is 300 g/mol. The van der Waals surface area contributed by atoms with Crippen LogP contribution < -0.4 is 11.5 Å². The minimum absolute atomic E-state index is 0.0291. The van der Waals surface area contributed by atoms with Crippen molar-refractivity contribution in [2.24, 2.45) is 17.4 Å². The average molecular weight is 324 g/mol. The Labute approximate surface area is 142 Å². The lowest BCUT2D eigenvalue weighted by Crippen LogP contribution is -2.28. The molecule has 4 N–H and O–H groups in total. The summed E-state index contributed by atoms with van der Waals surface area (Å²) in [4.78, 5) is 22.3. The van der Waals surface area contributed by atoms with Crippen LogP contribution >= 0.6 is 0 Å². The molecule has 0 aliphatic heterocycles.